The minimum atomic E-state index is -0.314. The summed E-state index contributed by atoms with van der Waals surface area (Å²) in [5.74, 6) is 1.74. The van der Waals surface area contributed by atoms with E-state index in [4.69, 9.17) is 9.47 Å². The average molecular weight is 488 g/mol. The van der Waals surface area contributed by atoms with Crippen molar-refractivity contribution in [1.82, 2.24) is 4.90 Å². The second-order valence-electron chi connectivity index (χ2n) is 12.5. The van der Waals surface area contributed by atoms with E-state index < -0.39 is 0 Å². The van der Waals surface area contributed by atoms with Gasteiger partial charge in [-0.1, -0.05) is 57.9 Å². The van der Waals surface area contributed by atoms with Crippen LogP contribution in [0.1, 0.15) is 129 Å². The summed E-state index contributed by atoms with van der Waals surface area (Å²) >= 11 is 0. The molecule has 4 nitrogen and oxygen atoms in total. The molecule has 200 valence electrons. The smallest absolute Gasteiger partial charge is 0.333 e. The monoisotopic (exact) mass is 487 g/mol. The van der Waals surface area contributed by atoms with E-state index in [-0.39, 0.29) is 12.1 Å². The van der Waals surface area contributed by atoms with Crippen molar-refractivity contribution >= 4 is 5.97 Å². The van der Waals surface area contributed by atoms with Crippen molar-refractivity contribution < 1.29 is 14.3 Å². The van der Waals surface area contributed by atoms with Gasteiger partial charge in [-0.05, 0) is 89.9 Å². The summed E-state index contributed by atoms with van der Waals surface area (Å²) in [6.07, 6.45) is 25.4. The molecule has 0 aromatic heterocycles. The Balaban J connectivity index is 1.27. The molecule has 0 aromatic rings. The molecule has 0 amide bonds. The van der Waals surface area contributed by atoms with Crippen molar-refractivity contribution in [2.45, 2.75) is 160 Å². The standard InChI is InChI=1S/C31H53NO3/c1-23(2)31(33)35-24(3)22-34-30-20-18-29(19-21-30)32(27-12-8-5-9-13-27)28-16-14-26(15-17-28)25-10-6-4-7-11-25/h24-30H,1,4-22H2,2-3H3. The van der Waals surface area contributed by atoms with E-state index in [2.05, 4.69) is 11.5 Å². The number of ether oxygens (including phenoxy) is 2. The van der Waals surface area contributed by atoms with Gasteiger partial charge < -0.3 is 9.47 Å². The second kappa shape index (κ2) is 13.6. The quantitative estimate of drug-likeness (QED) is 0.248. The third-order valence-electron chi connectivity index (χ3n) is 9.76. The number of esters is 1. The van der Waals surface area contributed by atoms with Crippen LogP contribution in [0.3, 0.4) is 0 Å². The lowest BCUT2D eigenvalue weighted by Gasteiger charge is -2.49. The van der Waals surface area contributed by atoms with E-state index in [1.54, 1.807) is 6.92 Å². The molecule has 4 rings (SSSR count). The number of carbonyl (C=O) groups is 1. The molecule has 0 aromatic carbocycles. The van der Waals surface area contributed by atoms with Crippen LogP contribution in [0.15, 0.2) is 12.2 Å². The van der Waals surface area contributed by atoms with Crippen LogP contribution in [0, 0.1) is 11.8 Å². The molecule has 4 saturated carbocycles. The third kappa shape index (κ3) is 7.81. The van der Waals surface area contributed by atoms with Gasteiger partial charge in [-0.25, -0.2) is 4.79 Å². The van der Waals surface area contributed by atoms with E-state index >= 15 is 0 Å². The van der Waals surface area contributed by atoms with Crippen LogP contribution in [-0.4, -0.2) is 47.8 Å². The molecule has 1 atom stereocenters. The maximum atomic E-state index is 11.8. The number of carbonyl (C=O) groups excluding carboxylic acids is 1. The summed E-state index contributed by atoms with van der Waals surface area (Å²) in [4.78, 5) is 14.8. The van der Waals surface area contributed by atoms with Gasteiger partial charge >= 0.3 is 5.97 Å². The molecule has 1 unspecified atom stereocenters. The lowest BCUT2D eigenvalue weighted by atomic mass is 9.71. The van der Waals surface area contributed by atoms with Gasteiger partial charge in [-0.15, -0.1) is 0 Å². The molecule has 0 heterocycles. The lowest BCUT2D eigenvalue weighted by Crippen LogP contribution is -2.53. The first-order valence-corrected chi connectivity index (χ1v) is 15.3. The van der Waals surface area contributed by atoms with E-state index in [1.807, 2.05) is 6.92 Å². The van der Waals surface area contributed by atoms with Gasteiger partial charge in [-0.2, -0.15) is 0 Å². The Morgan fingerprint density at radius 3 is 1.80 bits per heavy atom. The first-order valence-electron chi connectivity index (χ1n) is 15.3. The molecule has 0 aliphatic heterocycles. The van der Waals surface area contributed by atoms with E-state index in [1.165, 1.54) is 103 Å². The Labute approximate surface area is 215 Å². The largest absolute Gasteiger partial charge is 0.457 e. The van der Waals surface area contributed by atoms with E-state index in [9.17, 15) is 4.79 Å². The Morgan fingerprint density at radius 1 is 0.743 bits per heavy atom. The summed E-state index contributed by atoms with van der Waals surface area (Å²) < 4.78 is 11.6. The topological polar surface area (TPSA) is 38.8 Å². The highest BCUT2D eigenvalue weighted by Crippen LogP contribution is 2.42. The first-order chi connectivity index (χ1) is 17.0. The summed E-state index contributed by atoms with van der Waals surface area (Å²) in [6, 6.07) is 2.39. The van der Waals surface area contributed by atoms with Crippen molar-refractivity contribution in [2.75, 3.05) is 6.61 Å². The molecule has 35 heavy (non-hydrogen) atoms. The zero-order valence-corrected chi connectivity index (χ0v) is 22.9. The fourth-order valence-electron chi connectivity index (χ4n) is 7.85. The Hall–Kier alpha value is -0.870. The van der Waals surface area contributed by atoms with Gasteiger partial charge in [0.15, 0.2) is 0 Å². The zero-order valence-electron chi connectivity index (χ0n) is 22.9. The maximum absolute atomic E-state index is 11.8. The van der Waals surface area contributed by atoms with Crippen LogP contribution in [0.5, 0.6) is 0 Å². The second-order valence-corrected chi connectivity index (χ2v) is 12.5. The molecule has 0 spiro atoms. The molecular formula is C31H53NO3. The number of nitrogens with zero attached hydrogens (tertiary/aromatic N) is 1. The number of hydrogen-bond acceptors (Lipinski definition) is 4. The number of hydrogen-bond donors (Lipinski definition) is 0. The van der Waals surface area contributed by atoms with Gasteiger partial charge in [0.25, 0.3) is 0 Å². The predicted molar refractivity (Wildman–Crippen MR) is 143 cm³/mol. The van der Waals surface area contributed by atoms with Crippen molar-refractivity contribution in [3.05, 3.63) is 12.2 Å². The summed E-state index contributed by atoms with van der Waals surface area (Å²) in [7, 11) is 0. The van der Waals surface area contributed by atoms with Crippen LogP contribution in [-0.2, 0) is 14.3 Å². The van der Waals surface area contributed by atoms with Gasteiger partial charge in [0.05, 0.1) is 12.7 Å². The number of rotatable bonds is 9. The minimum Gasteiger partial charge on any atom is -0.457 e. The molecule has 4 aliphatic carbocycles. The Bertz CT molecular complexity index is 650. The highest BCUT2D eigenvalue weighted by atomic mass is 16.6. The van der Waals surface area contributed by atoms with E-state index in [0.29, 0.717) is 18.3 Å². The third-order valence-corrected chi connectivity index (χ3v) is 9.76. The van der Waals surface area contributed by atoms with Gasteiger partial charge in [-0.3, -0.25) is 4.90 Å². The summed E-state index contributed by atoms with van der Waals surface area (Å²) in [5, 5.41) is 0. The first kappa shape index (κ1) is 27.2. The van der Waals surface area contributed by atoms with Gasteiger partial charge in [0, 0.05) is 23.7 Å². The lowest BCUT2D eigenvalue weighted by molar-refractivity contribution is -0.148. The molecule has 4 heteroatoms. The molecule has 0 N–H and O–H groups in total. The van der Waals surface area contributed by atoms with Crippen LogP contribution in [0.4, 0.5) is 0 Å². The predicted octanol–water partition coefficient (Wildman–Crippen LogP) is 7.60. The molecule has 0 radical (unpaired) electrons. The average Bonchev–Trinajstić information content (AvgIpc) is 2.90. The van der Waals surface area contributed by atoms with Crippen LogP contribution in [0.2, 0.25) is 0 Å². The maximum Gasteiger partial charge on any atom is 0.333 e. The zero-order chi connectivity index (χ0) is 24.6. The highest BCUT2D eigenvalue weighted by Gasteiger charge is 2.38. The van der Waals surface area contributed by atoms with Crippen LogP contribution >= 0.6 is 0 Å². The molecular weight excluding hydrogens is 434 g/mol. The normalized spacial score (nSPS) is 32.3. The van der Waals surface area contributed by atoms with Crippen molar-refractivity contribution in [1.29, 1.82) is 0 Å². The summed E-state index contributed by atoms with van der Waals surface area (Å²) in [5.41, 5.74) is 0.452. The van der Waals surface area contributed by atoms with Crippen molar-refractivity contribution in [3.8, 4) is 0 Å². The SMILES string of the molecule is C=C(C)C(=O)OC(C)COC1CCC(N(C2CCCCC2)C2CCC(C3CCCCC3)CC2)CC1. The Kier molecular flexibility index (Phi) is 10.6. The van der Waals surface area contributed by atoms with Crippen molar-refractivity contribution in [3.63, 3.8) is 0 Å². The van der Waals surface area contributed by atoms with Gasteiger partial charge in [0.1, 0.15) is 6.10 Å². The van der Waals surface area contributed by atoms with Gasteiger partial charge in [0.2, 0.25) is 0 Å². The van der Waals surface area contributed by atoms with E-state index in [0.717, 1.165) is 42.8 Å². The highest BCUT2D eigenvalue weighted by molar-refractivity contribution is 5.87. The van der Waals surface area contributed by atoms with Crippen LogP contribution < -0.4 is 0 Å². The Morgan fingerprint density at radius 2 is 1.23 bits per heavy atom. The molecule has 0 saturated heterocycles. The fraction of sp³-hybridized carbons (Fsp3) is 0.903. The van der Waals surface area contributed by atoms with Crippen LogP contribution in [0.25, 0.3) is 0 Å². The molecule has 4 aliphatic rings. The van der Waals surface area contributed by atoms with Crippen molar-refractivity contribution in [2.24, 2.45) is 11.8 Å². The summed E-state index contributed by atoms with van der Waals surface area (Å²) in [6.45, 7) is 7.77. The minimum absolute atomic E-state index is 0.213. The molecule has 4 fully saturated rings. The molecule has 0 bridgehead atoms. The fourth-order valence-corrected chi connectivity index (χ4v) is 7.85.